The molecule has 1 aromatic carbocycles. The molecular formula is C13H18N4. The van der Waals surface area contributed by atoms with E-state index >= 15 is 0 Å². The van der Waals surface area contributed by atoms with Crippen LogP contribution in [0.25, 0.3) is 11.4 Å². The fourth-order valence-electron chi connectivity index (χ4n) is 1.92. The topological polar surface area (TPSA) is 43.6 Å². The summed E-state index contributed by atoms with van der Waals surface area (Å²) in [6.45, 7) is 8.53. The molecule has 0 saturated heterocycles. The number of aromatic nitrogens is 4. The standard InChI is InChI=1S/C13H18N4/c1-9(2)11-7-5-6-8-12(11)13-14-15-16-17(13)10(3)4/h5-10H,1-4H3. The Balaban J connectivity index is 2.56. The summed E-state index contributed by atoms with van der Waals surface area (Å²) in [5.41, 5.74) is 2.41. The van der Waals surface area contributed by atoms with Crippen molar-refractivity contribution in [3.8, 4) is 11.4 Å². The molecule has 0 saturated carbocycles. The fraction of sp³-hybridized carbons (Fsp3) is 0.462. The van der Waals surface area contributed by atoms with Crippen molar-refractivity contribution in [1.29, 1.82) is 0 Å². The Kier molecular flexibility index (Phi) is 3.22. The first kappa shape index (κ1) is 11.8. The van der Waals surface area contributed by atoms with Crippen molar-refractivity contribution in [2.24, 2.45) is 0 Å². The van der Waals surface area contributed by atoms with Gasteiger partial charge in [-0.05, 0) is 35.8 Å². The Morgan fingerprint density at radius 2 is 1.76 bits per heavy atom. The van der Waals surface area contributed by atoms with Crippen LogP contribution in [0.2, 0.25) is 0 Å². The van der Waals surface area contributed by atoms with E-state index < -0.39 is 0 Å². The van der Waals surface area contributed by atoms with Crippen LogP contribution >= 0.6 is 0 Å². The largest absolute Gasteiger partial charge is 0.223 e. The Morgan fingerprint density at radius 3 is 2.41 bits per heavy atom. The molecule has 90 valence electrons. The molecule has 17 heavy (non-hydrogen) atoms. The molecule has 2 aromatic rings. The normalized spacial score (nSPS) is 11.4. The van der Waals surface area contributed by atoms with E-state index in [0.717, 1.165) is 11.4 Å². The van der Waals surface area contributed by atoms with Crippen molar-refractivity contribution < 1.29 is 0 Å². The summed E-state index contributed by atoms with van der Waals surface area (Å²) in [4.78, 5) is 0. The third-order valence-corrected chi connectivity index (χ3v) is 2.81. The van der Waals surface area contributed by atoms with Gasteiger partial charge in [0.25, 0.3) is 0 Å². The number of hydrogen-bond acceptors (Lipinski definition) is 3. The van der Waals surface area contributed by atoms with Crippen LogP contribution < -0.4 is 0 Å². The van der Waals surface area contributed by atoms with Gasteiger partial charge in [0.2, 0.25) is 0 Å². The lowest BCUT2D eigenvalue weighted by molar-refractivity contribution is 0.519. The van der Waals surface area contributed by atoms with E-state index in [-0.39, 0.29) is 6.04 Å². The van der Waals surface area contributed by atoms with Crippen LogP contribution in [0.4, 0.5) is 0 Å². The van der Waals surface area contributed by atoms with Crippen molar-refractivity contribution in [3.63, 3.8) is 0 Å². The molecule has 0 fully saturated rings. The van der Waals surface area contributed by atoms with Crippen LogP contribution in [-0.2, 0) is 0 Å². The molecule has 0 spiro atoms. The van der Waals surface area contributed by atoms with E-state index in [4.69, 9.17) is 0 Å². The summed E-state index contributed by atoms with van der Waals surface area (Å²) in [5.74, 6) is 1.31. The molecule has 0 atom stereocenters. The average Bonchev–Trinajstić information content (AvgIpc) is 2.77. The Bertz CT molecular complexity index is 500. The maximum Gasteiger partial charge on any atom is 0.182 e. The first-order valence-corrected chi connectivity index (χ1v) is 5.98. The van der Waals surface area contributed by atoms with E-state index in [1.165, 1.54) is 5.56 Å². The van der Waals surface area contributed by atoms with Crippen LogP contribution in [-0.4, -0.2) is 20.2 Å². The lowest BCUT2D eigenvalue weighted by Gasteiger charge is -2.13. The highest BCUT2D eigenvalue weighted by molar-refractivity contribution is 5.60. The first-order chi connectivity index (χ1) is 8.11. The monoisotopic (exact) mass is 230 g/mol. The van der Waals surface area contributed by atoms with Gasteiger partial charge in [-0.1, -0.05) is 38.1 Å². The van der Waals surface area contributed by atoms with Crippen molar-refractivity contribution in [2.75, 3.05) is 0 Å². The zero-order chi connectivity index (χ0) is 12.4. The van der Waals surface area contributed by atoms with Crippen LogP contribution in [0.1, 0.15) is 45.2 Å². The summed E-state index contributed by atoms with van der Waals surface area (Å²) < 4.78 is 1.86. The lowest BCUT2D eigenvalue weighted by Crippen LogP contribution is -2.06. The van der Waals surface area contributed by atoms with E-state index in [1.54, 1.807) is 0 Å². The van der Waals surface area contributed by atoms with E-state index in [0.29, 0.717) is 5.92 Å². The van der Waals surface area contributed by atoms with Gasteiger partial charge in [-0.3, -0.25) is 0 Å². The van der Waals surface area contributed by atoms with Gasteiger partial charge in [0.1, 0.15) is 0 Å². The number of hydrogen-bond donors (Lipinski definition) is 0. The van der Waals surface area contributed by atoms with Gasteiger partial charge >= 0.3 is 0 Å². The summed E-state index contributed by atoms with van der Waals surface area (Å²) in [7, 11) is 0. The van der Waals surface area contributed by atoms with Crippen molar-refractivity contribution >= 4 is 0 Å². The zero-order valence-corrected chi connectivity index (χ0v) is 10.8. The summed E-state index contributed by atoms with van der Waals surface area (Å²) in [5, 5.41) is 12.0. The lowest BCUT2D eigenvalue weighted by atomic mass is 9.97. The van der Waals surface area contributed by atoms with Crippen molar-refractivity contribution in [2.45, 2.75) is 39.7 Å². The van der Waals surface area contributed by atoms with Gasteiger partial charge < -0.3 is 0 Å². The Labute approximate surface area is 102 Å². The SMILES string of the molecule is CC(C)c1ccccc1-c1nnnn1C(C)C. The number of benzene rings is 1. The molecule has 0 radical (unpaired) electrons. The minimum absolute atomic E-state index is 0.264. The second-order valence-corrected chi connectivity index (χ2v) is 4.78. The molecule has 4 nitrogen and oxygen atoms in total. The zero-order valence-electron chi connectivity index (χ0n) is 10.8. The summed E-state index contributed by atoms with van der Waals surface area (Å²) in [6.07, 6.45) is 0. The molecule has 2 rings (SSSR count). The molecule has 4 heteroatoms. The highest BCUT2D eigenvalue weighted by atomic mass is 15.5. The van der Waals surface area contributed by atoms with Crippen LogP contribution in [0.5, 0.6) is 0 Å². The molecule has 0 aliphatic carbocycles. The molecule has 0 aliphatic rings. The van der Waals surface area contributed by atoms with Gasteiger partial charge in [0.05, 0.1) is 6.04 Å². The third kappa shape index (κ3) is 2.20. The van der Waals surface area contributed by atoms with Gasteiger partial charge in [0.15, 0.2) is 5.82 Å². The first-order valence-electron chi connectivity index (χ1n) is 5.98. The minimum Gasteiger partial charge on any atom is -0.223 e. The van der Waals surface area contributed by atoms with Crippen molar-refractivity contribution in [1.82, 2.24) is 20.2 Å². The molecule has 0 N–H and O–H groups in total. The molecule has 1 aromatic heterocycles. The molecule has 0 amide bonds. The average molecular weight is 230 g/mol. The van der Waals surface area contributed by atoms with Gasteiger partial charge in [-0.2, -0.15) is 0 Å². The maximum absolute atomic E-state index is 4.15. The van der Waals surface area contributed by atoms with Crippen molar-refractivity contribution in [3.05, 3.63) is 29.8 Å². The fourth-order valence-corrected chi connectivity index (χ4v) is 1.92. The molecule has 0 bridgehead atoms. The number of nitrogens with zero attached hydrogens (tertiary/aromatic N) is 4. The van der Waals surface area contributed by atoms with Gasteiger partial charge in [-0.15, -0.1) is 5.10 Å². The third-order valence-electron chi connectivity index (χ3n) is 2.81. The second-order valence-electron chi connectivity index (χ2n) is 4.78. The maximum atomic E-state index is 4.15. The van der Waals surface area contributed by atoms with Gasteiger partial charge in [0, 0.05) is 5.56 Å². The predicted octanol–water partition coefficient (Wildman–Crippen LogP) is 3.04. The van der Waals surface area contributed by atoms with Crippen LogP contribution in [0.3, 0.4) is 0 Å². The van der Waals surface area contributed by atoms with Crippen LogP contribution in [0, 0.1) is 0 Å². The Morgan fingerprint density at radius 1 is 1.06 bits per heavy atom. The summed E-state index contributed by atoms with van der Waals surface area (Å²) in [6, 6.07) is 8.57. The van der Waals surface area contributed by atoms with Gasteiger partial charge in [-0.25, -0.2) is 4.68 Å². The summed E-state index contributed by atoms with van der Waals surface area (Å²) >= 11 is 0. The molecule has 0 unspecified atom stereocenters. The smallest absolute Gasteiger partial charge is 0.182 e. The molecule has 0 aliphatic heterocycles. The van der Waals surface area contributed by atoms with E-state index in [2.05, 4.69) is 61.4 Å². The second kappa shape index (κ2) is 4.65. The molecule has 1 heterocycles. The Hall–Kier alpha value is -1.71. The number of rotatable bonds is 3. The van der Waals surface area contributed by atoms with E-state index in [1.807, 2.05) is 10.7 Å². The quantitative estimate of drug-likeness (QED) is 0.814. The highest BCUT2D eigenvalue weighted by Crippen LogP contribution is 2.28. The predicted molar refractivity (Wildman–Crippen MR) is 67.7 cm³/mol. The minimum atomic E-state index is 0.264. The number of tetrazole rings is 1. The highest BCUT2D eigenvalue weighted by Gasteiger charge is 2.15. The van der Waals surface area contributed by atoms with Crippen LogP contribution in [0.15, 0.2) is 24.3 Å². The van der Waals surface area contributed by atoms with E-state index in [9.17, 15) is 0 Å². The molecular weight excluding hydrogens is 212 g/mol.